The highest BCUT2D eigenvalue weighted by Gasteiger charge is 2.18. The molecule has 1 heterocycles. The summed E-state index contributed by atoms with van der Waals surface area (Å²) in [6.07, 6.45) is 9.42. The lowest BCUT2D eigenvalue weighted by Gasteiger charge is -2.13. The maximum atomic E-state index is 13.2. The third-order valence-electron chi connectivity index (χ3n) is 11.4. The second-order valence-electron chi connectivity index (χ2n) is 18.2. The van der Waals surface area contributed by atoms with Crippen molar-refractivity contribution in [3.63, 3.8) is 0 Å². The van der Waals surface area contributed by atoms with Crippen LogP contribution in [-0.2, 0) is 0 Å². The first kappa shape index (κ1) is 50.3. The minimum atomic E-state index is -1.31. The standard InChI is InChI=1S/C55H62N4O9/c1-36(2)9-7-11-38(5)29-31-64-47-25-19-41(20-26-47)52-59-58-51(68-52)40-13-15-42(16-14-40)54(62)66-49-33-44(53(60)61)34-50(35-49)67-55(63)43-17-21-45(22-18-43)56-57-46-23-27-48(28-24-46)65-32-30-39(6)12-8-10-37(3)4/h13-28,33-39H,7-12,29-32H2,1-6H3,(H,60,61)/t38-,39-/m0/s1. The van der Waals surface area contributed by atoms with E-state index in [-0.39, 0.29) is 34.1 Å². The van der Waals surface area contributed by atoms with Crippen molar-refractivity contribution >= 4 is 29.3 Å². The van der Waals surface area contributed by atoms with Crippen LogP contribution in [0.5, 0.6) is 23.0 Å². The maximum Gasteiger partial charge on any atom is 0.343 e. The van der Waals surface area contributed by atoms with Gasteiger partial charge in [0, 0.05) is 17.2 Å². The SMILES string of the molecule is CC(C)CCC[C@H](C)CCOc1ccc(N=Nc2ccc(C(=O)Oc3cc(OC(=O)c4ccc(-c5nnc(-c6ccc(OCC[C@@H](C)CCCC(C)C)cc6)o5)cc4)cc(C(=O)O)c3)cc2)cc1. The molecule has 356 valence electrons. The van der Waals surface area contributed by atoms with Gasteiger partial charge in [-0.1, -0.05) is 80.1 Å². The number of aromatic carboxylic acids is 1. The van der Waals surface area contributed by atoms with Gasteiger partial charge in [-0.3, -0.25) is 0 Å². The third-order valence-corrected chi connectivity index (χ3v) is 11.4. The molecule has 0 saturated carbocycles. The van der Waals surface area contributed by atoms with Gasteiger partial charge in [0.25, 0.3) is 0 Å². The highest BCUT2D eigenvalue weighted by atomic mass is 16.5. The third kappa shape index (κ3) is 16.0. The van der Waals surface area contributed by atoms with E-state index < -0.39 is 17.9 Å². The van der Waals surface area contributed by atoms with Crippen LogP contribution in [-0.4, -0.2) is 46.4 Å². The fraction of sp³-hybridized carbons (Fsp3) is 0.364. The predicted molar refractivity (Wildman–Crippen MR) is 261 cm³/mol. The largest absolute Gasteiger partial charge is 0.494 e. The Labute approximate surface area is 398 Å². The number of azo groups is 1. The Balaban J connectivity index is 0.982. The van der Waals surface area contributed by atoms with Gasteiger partial charge in [-0.05, 0) is 146 Å². The van der Waals surface area contributed by atoms with Crippen LogP contribution in [0.4, 0.5) is 11.4 Å². The lowest BCUT2D eigenvalue weighted by molar-refractivity contribution is 0.0680. The van der Waals surface area contributed by atoms with Gasteiger partial charge in [-0.15, -0.1) is 10.2 Å². The maximum absolute atomic E-state index is 13.2. The molecule has 5 aromatic carbocycles. The van der Waals surface area contributed by atoms with Crippen LogP contribution in [0.25, 0.3) is 22.9 Å². The summed E-state index contributed by atoms with van der Waals surface area (Å²) in [5.41, 5.74) is 2.53. The minimum absolute atomic E-state index is 0.132. The topological polar surface area (TPSA) is 172 Å². The van der Waals surface area contributed by atoms with Crippen molar-refractivity contribution in [2.24, 2.45) is 33.9 Å². The molecule has 0 aliphatic heterocycles. The Morgan fingerprint density at radius 2 is 0.897 bits per heavy atom. The Bertz CT molecular complexity index is 2570. The molecule has 6 aromatic rings. The summed E-state index contributed by atoms with van der Waals surface area (Å²) in [7, 11) is 0. The lowest BCUT2D eigenvalue weighted by atomic mass is 9.98. The van der Waals surface area contributed by atoms with Gasteiger partial charge in [0.2, 0.25) is 11.8 Å². The van der Waals surface area contributed by atoms with Gasteiger partial charge in [-0.2, -0.15) is 10.2 Å². The molecule has 0 radical (unpaired) electrons. The molecule has 0 aliphatic carbocycles. The number of carbonyl (C=O) groups is 3. The Morgan fingerprint density at radius 1 is 0.500 bits per heavy atom. The number of carboxylic acids is 1. The van der Waals surface area contributed by atoms with E-state index in [9.17, 15) is 19.5 Å². The summed E-state index contributed by atoms with van der Waals surface area (Å²) in [5.74, 6) is 1.71. The van der Waals surface area contributed by atoms with Crippen molar-refractivity contribution < 1.29 is 42.9 Å². The van der Waals surface area contributed by atoms with Crippen molar-refractivity contribution in [3.8, 4) is 45.9 Å². The molecule has 0 saturated heterocycles. The van der Waals surface area contributed by atoms with Crippen LogP contribution in [0.15, 0.2) is 130 Å². The summed E-state index contributed by atoms with van der Waals surface area (Å²) < 4.78 is 28.9. The molecule has 68 heavy (non-hydrogen) atoms. The number of aromatic nitrogens is 2. The van der Waals surface area contributed by atoms with Crippen LogP contribution < -0.4 is 18.9 Å². The number of esters is 2. The number of carbonyl (C=O) groups excluding carboxylic acids is 2. The summed E-state index contributed by atoms with van der Waals surface area (Å²) in [4.78, 5) is 38.3. The van der Waals surface area contributed by atoms with Gasteiger partial charge in [0.1, 0.15) is 23.0 Å². The monoisotopic (exact) mass is 922 g/mol. The Hall–Kier alpha value is -7.15. The first-order chi connectivity index (χ1) is 32.8. The van der Waals surface area contributed by atoms with Crippen LogP contribution in [0.3, 0.4) is 0 Å². The summed E-state index contributed by atoms with van der Waals surface area (Å²) in [6, 6.07) is 31.0. The van der Waals surface area contributed by atoms with Gasteiger partial charge < -0.3 is 28.5 Å². The molecule has 2 atom stereocenters. The highest BCUT2D eigenvalue weighted by molar-refractivity contribution is 5.94. The molecule has 13 nitrogen and oxygen atoms in total. The second kappa shape index (κ2) is 25.1. The lowest BCUT2D eigenvalue weighted by Crippen LogP contribution is -2.11. The predicted octanol–water partition coefficient (Wildman–Crippen LogP) is 14.4. The van der Waals surface area contributed by atoms with Gasteiger partial charge >= 0.3 is 17.9 Å². The average Bonchev–Trinajstić information content (AvgIpc) is 3.82. The van der Waals surface area contributed by atoms with Crippen molar-refractivity contribution in [2.75, 3.05) is 13.2 Å². The fourth-order valence-corrected chi connectivity index (χ4v) is 7.23. The number of rotatable bonds is 25. The normalized spacial score (nSPS) is 12.3. The van der Waals surface area contributed by atoms with Crippen LogP contribution >= 0.6 is 0 Å². The van der Waals surface area contributed by atoms with E-state index in [0.29, 0.717) is 47.9 Å². The molecular weight excluding hydrogens is 861 g/mol. The molecule has 0 amide bonds. The number of ether oxygens (including phenoxy) is 4. The van der Waals surface area contributed by atoms with Gasteiger partial charge in [-0.25, -0.2) is 14.4 Å². The summed E-state index contributed by atoms with van der Waals surface area (Å²) in [5, 5.41) is 26.7. The zero-order valence-electron chi connectivity index (χ0n) is 39.9. The van der Waals surface area contributed by atoms with Crippen molar-refractivity contribution in [3.05, 3.63) is 132 Å². The number of hydrogen-bond acceptors (Lipinski definition) is 12. The molecule has 0 fully saturated rings. The molecule has 13 heteroatoms. The van der Waals surface area contributed by atoms with E-state index in [1.165, 1.54) is 81.0 Å². The summed E-state index contributed by atoms with van der Waals surface area (Å²) in [6.45, 7) is 14.9. The molecule has 1 aromatic heterocycles. The van der Waals surface area contributed by atoms with E-state index in [1.807, 2.05) is 48.5 Å². The summed E-state index contributed by atoms with van der Waals surface area (Å²) >= 11 is 0. The molecule has 1 N–H and O–H groups in total. The Kier molecular flexibility index (Phi) is 18.6. The van der Waals surface area contributed by atoms with E-state index in [4.69, 9.17) is 23.4 Å². The van der Waals surface area contributed by atoms with Gasteiger partial charge in [0.15, 0.2) is 0 Å². The second-order valence-corrected chi connectivity index (χ2v) is 18.2. The molecular formula is C55H62N4O9. The molecule has 6 rings (SSSR count). The van der Waals surface area contributed by atoms with Crippen LogP contribution in [0.2, 0.25) is 0 Å². The number of benzene rings is 5. The molecule has 0 bridgehead atoms. The zero-order valence-corrected chi connectivity index (χ0v) is 39.9. The molecule has 0 unspecified atom stereocenters. The number of nitrogens with zero attached hydrogens (tertiary/aromatic N) is 4. The van der Waals surface area contributed by atoms with Crippen molar-refractivity contribution in [1.29, 1.82) is 0 Å². The van der Waals surface area contributed by atoms with Crippen molar-refractivity contribution in [1.82, 2.24) is 10.2 Å². The zero-order chi connectivity index (χ0) is 48.4. The van der Waals surface area contributed by atoms with E-state index in [2.05, 4.69) is 62.0 Å². The van der Waals surface area contributed by atoms with Crippen LogP contribution in [0, 0.1) is 23.7 Å². The van der Waals surface area contributed by atoms with Crippen molar-refractivity contribution in [2.45, 2.75) is 92.9 Å². The van der Waals surface area contributed by atoms with E-state index in [0.717, 1.165) is 41.7 Å². The van der Waals surface area contributed by atoms with E-state index in [1.54, 1.807) is 24.3 Å². The van der Waals surface area contributed by atoms with Gasteiger partial charge in [0.05, 0.1) is 41.3 Å². The quantitative estimate of drug-likeness (QED) is 0.0329. The molecule has 0 aliphatic rings. The smallest absolute Gasteiger partial charge is 0.343 e. The number of carboxylic acid groups (broad SMARTS) is 1. The molecule has 0 spiro atoms. The van der Waals surface area contributed by atoms with Crippen LogP contribution in [0.1, 0.15) is 124 Å². The Morgan fingerprint density at radius 3 is 1.32 bits per heavy atom. The highest BCUT2D eigenvalue weighted by Crippen LogP contribution is 2.29. The average molecular weight is 923 g/mol. The first-order valence-corrected chi connectivity index (χ1v) is 23.5. The first-order valence-electron chi connectivity index (χ1n) is 23.5. The fourth-order valence-electron chi connectivity index (χ4n) is 7.23. The minimum Gasteiger partial charge on any atom is -0.494 e. The van der Waals surface area contributed by atoms with E-state index >= 15 is 0 Å². The number of hydrogen-bond donors (Lipinski definition) is 1.